The molecule has 11 heteroatoms. The molecule has 2 aromatic rings. The van der Waals surface area contributed by atoms with Crippen LogP contribution in [0.2, 0.25) is 0 Å². The Hall–Kier alpha value is -3.08. The summed E-state index contributed by atoms with van der Waals surface area (Å²) in [5, 5.41) is 0. The summed E-state index contributed by atoms with van der Waals surface area (Å²) in [4.78, 5) is 24.6. The van der Waals surface area contributed by atoms with Crippen molar-refractivity contribution in [3.63, 3.8) is 0 Å². The number of carbonyl (C=O) groups excluding carboxylic acids is 2. The Kier molecular flexibility index (Phi) is 7.31. The first kappa shape index (κ1) is 24.6. The molecule has 0 spiro atoms. The monoisotopic (exact) mass is 484 g/mol. The summed E-state index contributed by atoms with van der Waals surface area (Å²) >= 11 is 0. The highest BCUT2D eigenvalue weighted by Crippen LogP contribution is 2.32. The van der Waals surface area contributed by atoms with E-state index in [1.807, 2.05) is 12.1 Å². The van der Waals surface area contributed by atoms with E-state index in [1.165, 1.54) is 29.4 Å². The van der Waals surface area contributed by atoms with Gasteiger partial charge in [0.05, 0.1) is 17.2 Å². The van der Waals surface area contributed by atoms with E-state index in [9.17, 15) is 31.2 Å². The zero-order valence-electron chi connectivity index (χ0n) is 17.8. The van der Waals surface area contributed by atoms with E-state index < -0.39 is 41.2 Å². The number of ether oxygens (including phenoxy) is 1. The number of hydrogen-bond donors (Lipinski definition) is 0. The SMILES string of the molecule is CCOC(=O)CN(CC(F)(F)F)C(=O)c1cccc(S(=O)(=O)N2CCCc3ccccc32)c1. The molecule has 0 radical (unpaired) electrons. The number of para-hydroxylation sites is 1. The van der Waals surface area contributed by atoms with Crippen LogP contribution in [0.1, 0.15) is 29.3 Å². The topological polar surface area (TPSA) is 84.0 Å². The molecule has 0 aliphatic carbocycles. The smallest absolute Gasteiger partial charge is 0.406 e. The fourth-order valence-electron chi connectivity index (χ4n) is 3.63. The van der Waals surface area contributed by atoms with Crippen LogP contribution >= 0.6 is 0 Å². The van der Waals surface area contributed by atoms with Crippen LogP contribution in [0, 0.1) is 0 Å². The molecule has 1 amide bonds. The van der Waals surface area contributed by atoms with Gasteiger partial charge in [-0.05, 0) is 49.6 Å². The Balaban J connectivity index is 1.93. The fraction of sp³-hybridized carbons (Fsp3) is 0.364. The van der Waals surface area contributed by atoms with Crippen molar-refractivity contribution in [2.45, 2.75) is 30.8 Å². The van der Waals surface area contributed by atoms with Gasteiger partial charge >= 0.3 is 12.1 Å². The maximum absolute atomic E-state index is 13.3. The number of halogens is 3. The van der Waals surface area contributed by atoms with Gasteiger partial charge in [0.1, 0.15) is 13.1 Å². The van der Waals surface area contributed by atoms with Crippen LogP contribution < -0.4 is 4.31 Å². The Morgan fingerprint density at radius 3 is 2.55 bits per heavy atom. The average molecular weight is 484 g/mol. The van der Waals surface area contributed by atoms with Crippen LogP contribution in [0.25, 0.3) is 0 Å². The summed E-state index contributed by atoms with van der Waals surface area (Å²) < 4.78 is 71.6. The van der Waals surface area contributed by atoms with Crippen LogP contribution in [0.5, 0.6) is 0 Å². The lowest BCUT2D eigenvalue weighted by molar-refractivity contribution is -0.153. The molecular weight excluding hydrogens is 461 g/mol. The Bertz CT molecular complexity index is 1130. The number of rotatable bonds is 7. The first-order chi connectivity index (χ1) is 15.5. The lowest BCUT2D eigenvalue weighted by Gasteiger charge is -2.30. The highest BCUT2D eigenvalue weighted by Gasteiger charge is 2.35. The molecule has 0 bridgehead atoms. The van der Waals surface area contributed by atoms with Crippen LogP contribution in [-0.2, 0) is 26.0 Å². The van der Waals surface area contributed by atoms with Gasteiger partial charge in [-0.1, -0.05) is 24.3 Å². The highest BCUT2D eigenvalue weighted by atomic mass is 32.2. The molecule has 0 fully saturated rings. The summed E-state index contributed by atoms with van der Waals surface area (Å²) in [6, 6.07) is 11.9. The fourth-order valence-corrected chi connectivity index (χ4v) is 5.21. The minimum Gasteiger partial charge on any atom is -0.465 e. The van der Waals surface area contributed by atoms with Crippen molar-refractivity contribution in [3.05, 3.63) is 59.7 Å². The van der Waals surface area contributed by atoms with E-state index in [4.69, 9.17) is 0 Å². The number of hydrogen-bond acceptors (Lipinski definition) is 5. The molecule has 0 saturated heterocycles. The van der Waals surface area contributed by atoms with Crippen molar-refractivity contribution >= 4 is 27.6 Å². The highest BCUT2D eigenvalue weighted by molar-refractivity contribution is 7.92. The van der Waals surface area contributed by atoms with Gasteiger partial charge in [0.25, 0.3) is 15.9 Å². The predicted octanol–water partition coefficient (Wildman–Crippen LogP) is 3.40. The number of benzene rings is 2. The molecule has 0 saturated carbocycles. The van der Waals surface area contributed by atoms with Crippen LogP contribution in [0.15, 0.2) is 53.4 Å². The third-order valence-corrected chi connectivity index (χ3v) is 6.83. The maximum Gasteiger partial charge on any atom is 0.406 e. The largest absolute Gasteiger partial charge is 0.465 e. The minimum absolute atomic E-state index is 0.0576. The first-order valence-electron chi connectivity index (χ1n) is 10.3. The van der Waals surface area contributed by atoms with Crippen LogP contribution in [-0.4, -0.2) is 57.6 Å². The third kappa shape index (κ3) is 5.84. The molecule has 1 aliphatic rings. The summed E-state index contributed by atoms with van der Waals surface area (Å²) in [5.41, 5.74) is 1.11. The second kappa shape index (κ2) is 9.82. The van der Waals surface area contributed by atoms with E-state index in [1.54, 1.807) is 12.1 Å². The number of aryl methyl sites for hydroxylation is 1. The number of sulfonamides is 1. The summed E-state index contributed by atoms with van der Waals surface area (Å²) in [5.74, 6) is -2.12. The standard InChI is InChI=1S/C22H23F3N2O5S/c1-2-32-20(28)14-26(15-22(23,24)25)21(29)17-8-5-10-18(13-17)33(30,31)27-12-6-9-16-7-3-4-11-19(16)27/h3-5,7-8,10-11,13H,2,6,9,12,14-15H2,1H3. The van der Waals surface area contributed by atoms with Gasteiger partial charge in [0, 0.05) is 12.1 Å². The van der Waals surface area contributed by atoms with Crippen molar-refractivity contribution in [2.24, 2.45) is 0 Å². The molecule has 0 atom stereocenters. The van der Waals surface area contributed by atoms with Gasteiger partial charge in [0.15, 0.2) is 0 Å². The second-order valence-electron chi connectivity index (χ2n) is 7.42. The van der Waals surface area contributed by atoms with Crippen LogP contribution in [0.4, 0.5) is 18.9 Å². The number of nitrogens with zero attached hydrogens (tertiary/aromatic N) is 2. The summed E-state index contributed by atoms with van der Waals surface area (Å²) in [7, 11) is -4.08. The van der Waals surface area contributed by atoms with Gasteiger partial charge in [-0.2, -0.15) is 13.2 Å². The third-order valence-electron chi connectivity index (χ3n) is 5.02. The number of carbonyl (C=O) groups is 2. The van der Waals surface area contributed by atoms with E-state index in [2.05, 4.69) is 4.74 Å². The molecule has 3 rings (SSSR count). The quantitative estimate of drug-likeness (QED) is 0.563. The molecular formula is C22H23F3N2O5S. The number of fused-ring (bicyclic) bond motifs is 1. The summed E-state index contributed by atoms with van der Waals surface area (Å²) in [6.45, 7) is -0.927. The average Bonchev–Trinajstić information content (AvgIpc) is 2.77. The number of alkyl halides is 3. The van der Waals surface area contributed by atoms with E-state index >= 15 is 0 Å². The molecule has 33 heavy (non-hydrogen) atoms. The van der Waals surface area contributed by atoms with Crippen LogP contribution in [0.3, 0.4) is 0 Å². The van der Waals surface area contributed by atoms with Crippen molar-refractivity contribution in [2.75, 3.05) is 30.5 Å². The normalized spacial score (nSPS) is 13.9. The van der Waals surface area contributed by atoms with Crippen molar-refractivity contribution < 1.29 is 35.9 Å². The first-order valence-corrected chi connectivity index (χ1v) is 11.7. The molecule has 0 N–H and O–H groups in total. The van der Waals surface area contributed by atoms with Crippen molar-refractivity contribution in [1.29, 1.82) is 0 Å². The van der Waals surface area contributed by atoms with Gasteiger partial charge in [-0.25, -0.2) is 8.42 Å². The molecule has 2 aromatic carbocycles. The molecule has 0 unspecified atom stereocenters. The number of amides is 1. The van der Waals surface area contributed by atoms with E-state index in [0.717, 1.165) is 18.1 Å². The molecule has 1 heterocycles. The van der Waals surface area contributed by atoms with Gasteiger partial charge in [0.2, 0.25) is 0 Å². The molecule has 1 aliphatic heterocycles. The number of esters is 1. The zero-order chi connectivity index (χ0) is 24.2. The Morgan fingerprint density at radius 2 is 1.85 bits per heavy atom. The van der Waals surface area contributed by atoms with Crippen molar-refractivity contribution in [1.82, 2.24) is 4.90 Å². The minimum atomic E-state index is -4.76. The summed E-state index contributed by atoms with van der Waals surface area (Å²) in [6.07, 6.45) is -3.43. The molecule has 178 valence electrons. The number of anilines is 1. The van der Waals surface area contributed by atoms with Gasteiger partial charge in [-0.3, -0.25) is 13.9 Å². The van der Waals surface area contributed by atoms with Gasteiger partial charge in [-0.15, -0.1) is 0 Å². The van der Waals surface area contributed by atoms with Gasteiger partial charge < -0.3 is 9.64 Å². The van der Waals surface area contributed by atoms with E-state index in [0.29, 0.717) is 17.0 Å². The molecule has 0 aromatic heterocycles. The lowest BCUT2D eigenvalue weighted by atomic mass is 10.0. The lowest BCUT2D eigenvalue weighted by Crippen LogP contribution is -2.42. The zero-order valence-corrected chi connectivity index (χ0v) is 18.7. The van der Waals surface area contributed by atoms with Crippen molar-refractivity contribution in [3.8, 4) is 0 Å². The predicted molar refractivity (Wildman–Crippen MR) is 114 cm³/mol. The molecule has 7 nitrogen and oxygen atoms in total. The second-order valence-corrected chi connectivity index (χ2v) is 9.28. The maximum atomic E-state index is 13.3. The Labute approximate surface area is 189 Å². The van der Waals surface area contributed by atoms with E-state index in [-0.39, 0.29) is 23.6 Å². The Morgan fingerprint density at radius 1 is 1.12 bits per heavy atom.